The molecule has 0 bridgehead atoms. The standard InChI is InChI=1S/C18H22N2O3S/c1-2-23-15-9-7-14(8-10-15)20-17(21)19-12-18(22,13-5-6-13)16-4-3-11-24-16/h3-4,7-11,13,22H,2,5-6,12H2,1H3,(H2,19,20,21). The molecule has 128 valence electrons. The van der Waals surface area contributed by atoms with E-state index in [9.17, 15) is 9.90 Å². The first-order valence-electron chi connectivity index (χ1n) is 8.16. The van der Waals surface area contributed by atoms with E-state index in [-0.39, 0.29) is 18.5 Å². The van der Waals surface area contributed by atoms with Crippen molar-refractivity contribution in [3.05, 3.63) is 46.7 Å². The first-order valence-corrected chi connectivity index (χ1v) is 9.04. The van der Waals surface area contributed by atoms with Gasteiger partial charge in [0.1, 0.15) is 11.4 Å². The number of ether oxygens (including phenoxy) is 1. The van der Waals surface area contributed by atoms with Gasteiger partial charge < -0.3 is 20.5 Å². The van der Waals surface area contributed by atoms with E-state index in [0.717, 1.165) is 23.5 Å². The number of thiophene rings is 1. The first kappa shape index (κ1) is 16.8. The summed E-state index contributed by atoms with van der Waals surface area (Å²) in [7, 11) is 0. The Morgan fingerprint density at radius 3 is 2.67 bits per heavy atom. The van der Waals surface area contributed by atoms with Crippen LogP contribution in [0.5, 0.6) is 5.75 Å². The van der Waals surface area contributed by atoms with Gasteiger partial charge >= 0.3 is 6.03 Å². The molecule has 1 aliphatic carbocycles. The second-order valence-corrected chi connectivity index (χ2v) is 6.89. The SMILES string of the molecule is CCOc1ccc(NC(=O)NCC(O)(c2cccs2)C2CC2)cc1. The molecule has 0 spiro atoms. The molecule has 3 N–H and O–H groups in total. The van der Waals surface area contributed by atoms with E-state index in [1.807, 2.05) is 36.6 Å². The summed E-state index contributed by atoms with van der Waals surface area (Å²) < 4.78 is 5.37. The van der Waals surface area contributed by atoms with Crippen LogP contribution >= 0.6 is 11.3 Å². The average Bonchev–Trinajstić information content (AvgIpc) is 3.30. The highest BCUT2D eigenvalue weighted by molar-refractivity contribution is 7.10. The number of anilines is 1. The quantitative estimate of drug-likeness (QED) is 0.718. The molecule has 1 atom stereocenters. The lowest BCUT2D eigenvalue weighted by Gasteiger charge is -2.27. The van der Waals surface area contributed by atoms with Crippen LogP contribution < -0.4 is 15.4 Å². The Balaban J connectivity index is 1.56. The van der Waals surface area contributed by atoms with Gasteiger partial charge in [-0.2, -0.15) is 0 Å². The van der Waals surface area contributed by atoms with E-state index in [2.05, 4.69) is 10.6 Å². The normalized spacial score (nSPS) is 16.2. The highest BCUT2D eigenvalue weighted by Gasteiger charge is 2.45. The molecule has 5 nitrogen and oxygen atoms in total. The summed E-state index contributed by atoms with van der Waals surface area (Å²) in [6.07, 6.45) is 1.99. The fourth-order valence-corrected chi connectivity index (χ4v) is 3.61. The van der Waals surface area contributed by atoms with Crippen LogP contribution in [0.25, 0.3) is 0 Å². The lowest BCUT2D eigenvalue weighted by Crippen LogP contribution is -2.43. The van der Waals surface area contributed by atoms with Crippen molar-refractivity contribution < 1.29 is 14.6 Å². The van der Waals surface area contributed by atoms with E-state index < -0.39 is 5.60 Å². The van der Waals surface area contributed by atoms with Crippen molar-refractivity contribution in [3.8, 4) is 5.75 Å². The van der Waals surface area contributed by atoms with Crippen LogP contribution in [0.3, 0.4) is 0 Å². The van der Waals surface area contributed by atoms with E-state index >= 15 is 0 Å². The molecule has 1 unspecified atom stereocenters. The van der Waals surface area contributed by atoms with Gasteiger partial charge in [0.05, 0.1) is 13.2 Å². The van der Waals surface area contributed by atoms with E-state index in [1.165, 1.54) is 11.3 Å². The van der Waals surface area contributed by atoms with Crippen molar-refractivity contribution in [1.82, 2.24) is 5.32 Å². The summed E-state index contributed by atoms with van der Waals surface area (Å²) in [5.41, 5.74) is -0.285. The Hall–Kier alpha value is -2.05. The maximum Gasteiger partial charge on any atom is 0.319 e. The van der Waals surface area contributed by atoms with Gasteiger partial charge in [-0.15, -0.1) is 11.3 Å². The van der Waals surface area contributed by atoms with Gasteiger partial charge in [0.2, 0.25) is 0 Å². The lowest BCUT2D eigenvalue weighted by molar-refractivity contribution is 0.0200. The molecule has 1 fully saturated rings. The van der Waals surface area contributed by atoms with Gasteiger partial charge in [0, 0.05) is 10.6 Å². The third kappa shape index (κ3) is 3.88. The van der Waals surface area contributed by atoms with E-state index in [4.69, 9.17) is 4.74 Å². The molecule has 1 aliphatic rings. The second-order valence-electron chi connectivity index (χ2n) is 5.94. The predicted octanol–water partition coefficient (Wildman–Crippen LogP) is 3.57. The summed E-state index contributed by atoms with van der Waals surface area (Å²) in [6.45, 7) is 2.74. The third-order valence-corrected chi connectivity index (χ3v) is 5.18. The van der Waals surface area contributed by atoms with Crippen LogP contribution in [0.2, 0.25) is 0 Å². The average molecular weight is 346 g/mol. The molecule has 2 aromatic rings. The van der Waals surface area contributed by atoms with Crippen LogP contribution in [0.4, 0.5) is 10.5 Å². The Morgan fingerprint density at radius 1 is 1.33 bits per heavy atom. The molecule has 2 amide bonds. The van der Waals surface area contributed by atoms with E-state index in [1.54, 1.807) is 12.1 Å². The summed E-state index contributed by atoms with van der Waals surface area (Å²) in [5, 5.41) is 18.5. The minimum absolute atomic E-state index is 0.209. The van der Waals surface area contributed by atoms with Crippen molar-refractivity contribution in [1.29, 1.82) is 0 Å². The maximum atomic E-state index is 12.1. The monoisotopic (exact) mass is 346 g/mol. The van der Waals surface area contributed by atoms with Crippen LogP contribution in [-0.4, -0.2) is 24.3 Å². The number of rotatable bonds is 7. The Labute approximate surface area is 145 Å². The zero-order valence-electron chi connectivity index (χ0n) is 13.6. The number of urea groups is 1. The Kier molecular flexibility index (Phi) is 5.06. The van der Waals surface area contributed by atoms with Crippen LogP contribution in [-0.2, 0) is 5.60 Å². The molecule has 3 rings (SSSR count). The number of carbonyl (C=O) groups excluding carboxylic acids is 1. The van der Waals surface area contributed by atoms with Crippen LogP contribution in [0, 0.1) is 5.92 Å². The topological polar surface area (TPSA) is 70.6 Å². The van der Waals surface area contributed by atoms with Crippen LogP contribution in [0.15, 0.2) is 41.8 Å². The maximum absolute atomic E-state index is 12.1. The van der Waals surface area contributed by atoms with Crippen molar-refractivity contribution in [2.24, 2.45) is 5.92 Å². The smallest absolute Gasteiger partial charge is 0.319 e. The zero-order valence-corrected chi connectivity index (χ0v) is 14.4. The minimum atomic E-state index is -0.968. The molecule has 6 heteroatoms. The van der Waals surface area contributed by atoms with Crippen molar-refractivity contribution >= 4 is 23.1 Å². The molecular formula is C18H22N2O3S. The molecule has 0 aliphatic heterocycles. The fraction of sp³-hybridized carbons (Fsp3) is 0.389. The highest BCUT2D eigenvalue weighted by Crippen LogP contribution is 2.46. The first-order chi connectivity index (χ1) is 11.6. The molecule has 1 heterocycles. The highest BCUT2D eigenvalue weighted by atomic mass is 32.1. The number of carbonyl (C=O) groups is 1. The van der Waals surface area contributed by atoms with Gasteiger partial charge in [-0.3, -0.25) is 0 Å². The van der Waals surface area contributed by atoms with Crippen LogP contribution in [0.1, 0.15) is 24.6 Å². The van der Waals surface area contributed by atoms with Gasteiger partial charge in [-0.25, -0.2) is 4.79 Å². The molecular weight excluding hydrogens is 324 g/mol. The van der Waals surface area contributed by atoms with Gasteiger partial charge in [-0.1, -0.05) is 6.07 Å². The molecule has 1 aromatic carbocycles. The second kappa shape index (κ2) is 7.23. The third-order valence-electron chi connectivity index (χ3n) is 4.14. The summed E-state index contributed by atoms with van der Waals surface area (Å²) in [4.78, 5) is 13.0. The predicted molar refractivity (Wildman–Crippen MR) is 95.6 cm³/mol. The fourth-order valence-electron chi connectivity index (χ4n) is 2.71. The van der Waals surface area contributed by atoms with E-state index in [0.29, 0.717) is 12.3 Å². The van der Waals surface area contributed by atoms with Crippen molar-refractivity contribution in [3.63, 3.8) is 0 Å². The summed E-state index contributed by atoms with van der Waals surface area (Å²) >= 11 is 1.52. The minimum Gasteiger partial charge on any atom is -0.494 e. The Morgan fingerprint density at radius 2 is 2.08 bits per heavy atom. The lowest BCUT2D eigenvalue weighted by atomic mass is 9.96. The molecule has 1 aromatic heterocycles. The molecule has 0 radical (unpaired) electrons. The number of nitrogens with one attached hydrogen (secondary N) is 2. The summed E-state index contributed by atoms with van der Waals surface area (Å²) in [5.74, 6) is 0.992. The number of hydrogen-bond acceptors (Lipinski definition) is 4. The number of benzene rings is 1. The number of aliphatic hydroxyl groups is 1. The zero-order chi connectivity index (χ0) is 17.0. The van der Waals surface area contributed by atoms with Gasteiger partial charge in [0.25, 0.3) is 0 Å². The summed E-state index contributed by atoms with van der Waals surface area (Å²) in [6, 6.07) is 10.7. The largest absolute Gasteiger partial charge is 0.494 e. The van der Waals surface area contributed by atoms with Gasteiger partial charge in [0.15, 0.2) is 0 Å². The number of amides is 2. The molecule has 1 saturated carbocycles. The Bertz CT molecular complexity index is 668. The molecule has 0 saturated heterocycles. The van der Waals surface area contributed by atoms with Crippen molar-refractivity contribution in [2.75, 3.05) is 18.5 Å². The van der Waals surface area contributed by atoms with Crippen molar-refractivity contribution in [2.45, 2.75) is 25.4 Å². The molecule has 24 heavy (non-hydrogen) atoms. The number of hydrogen-bond donors (Lipinski definition) is 3. The van der Waals surface area contributed by atoms with Gasteiger partial charge in [-0.05, 0) is 61.4 Å².